The number of halogens is 1. The highest BCUT2D eigenvalue weighted by Crippen LogP contribution is 2.09. The van der Waals surface area contributed by atoms with E-state index in [2.05, 4.69) is 10.4 Å². The highest BCUT2D eigenvalue weighted by atomic mass is 19.1. The third-order valence-electron chi connectivity index (χ3n) is 2.99. The summed E-state index contributed by atoms with van der Waals surface area (Å²) in [5.74, 6) is -0.490. The average molecular weight is 305 g/mol. The first-order valence-corrected chi connectivity index (χ1v) is 7.26. The van der Waals surface area contributed by atoms with E-state index < -0.39 is 0 Å². The lowest BCUT2D eigenvalue weighted by atomic mass is 10.3. The van der Waals surface area contributed by atoms with Gasteiger partial charge in [-0.1, -0.05) is 0 Å². The van der Waals surface area contributed by atoms with E-state index in [1.165, 1.54) is 23.0 Å². The van der Waals surface area contributed by atoms with Crippen molar-refractivity contribution >= 4 is 5.91 Å². The predicted molar refractivity (Wildman–Crippen MR) is 81.6 cm³/mol. The molecule has 1 aromatic carbocycles. The van der Waals surface area contributed by atoms with Crippen LogP contribution in [-0.4, -0.2) is 34.9 Å². The topological polar surface area (TPSA) is 56.1 Å². The number of aromatic nitrogens is 2. The van der Waals surface area contributed by atoms with Crippen LogP contribution in [0.2, 0.25) is 0 Å². The number of hydrogen-bond donors (Lipinski definition) is 1. The van der Waals surface area contributed by atoms with E-state index in [0.717, 1.165) is 6.42 Å². The van der Waals surface area contributed by atoms with Gasteiger partial charge < -0.3 is 10.1 Å². The van der Waals surface area contributed by atoms with Crippen LogP contribution in [0, 0.1) is 5.82 Å². The molecule has 0 spiro atoms. The number of benzene rings is 1. The van der Waals surface area contributed by atoms with Crippen LogP contribution >= 0.6 is 0 Å². The van der Waals surface area contributed by atoms with E-state index in [0.29, 0.717) is 24.4 Å². The second kappa shape index (κ2) is 7.70. The number of rotatable bonds is 7. The summed E-state index contributed by atoms with van der Waals surface area (Å²) in [5, 5.41) is 6.93. The van der Waals surface area contributed by atoms with Crippen molar-refractivity contribution in [3.05, 3.63) is 48.0 Å². The minimum Gasteiger partial charge on any atom is -0.379 e. The molecule has 1 heterocycles. The molecule has 6 heteroatoms. The second-order valence-corrected chi connectivity index (χ2v) is 5.18. The molecule has 1 amide bonds. The summed E-state index contributed by atoms with van der Waals surface area (Å²) in [6.07, 6.45) is 4.07. The molecule has 22 heavy (non-hydrogen) atoms. The van der Waals surface area contributed by atoms with Crippen LogP contribution in [-0.2, 0) is 4.74 Å². The Morgan fingerprint density at radius 2 is 2.09 bits per heavy atom. The Bertz CT molecular complexity index is 608. The van der Waals surface area contributed by atoms with Gasteiger partial charge in [-0.3, -0.25) is 4.79 Å². The van der Waals surface area contributed by atoms with Crippen molar-refractivity contribution in [1.82, 2.24) is 15.1 Å². The summed E-state index contributed by atoms with van der Waals surface area (Å²) in [4.78, 5) is 12.0. The van der Waals surface area contributed by atoms with Gasteiger partial charge in [0.05, 0.1) is 23.6 Å². The quantitative estimate of drug-likeness (QED) is 0.800. The summed E-state index contributed by atoms with van der Waals surface area (Å²) >= 11 is 0. The van der Waals surface area contributed by atoms with Gasteiger partial charge in [-0.05, 0) is 44.5 Å². The maximum atomic E-state index is 12.9. The van der Waals surface area contributed by atoms with Crippen LogP contribution < -0.4 is 5.32 Å². The summed E-state index contributed by atoms with van der Waals surface area (Å²) < 4.78 is 19.8. The highest BCUT2D eigenvalue weighted by Gasteiger charge is 2.09. The monoisotopic (exact) mass is 305 g/mol. The Morgan fingerprint density at radius 3 is 2.77 bits per heavy atom. The molecule has 0 aliphatic carbocycles. The van der Waals surface area contributed by atoms with Crippen molar-refractivity contribution in [2.45, 2.75) is 26.4 Å². The molecule has 0 atom stereocenters. The number of carbonyl (C=O) groups excluding carboxylic acids is 1. The SMILES string of the molecule is CC(C)OCCCNC(=O)c1cnn(-c2ccc(F)cc2)c1. The van der Waals surface area contributed by atoms with Crippen molar-refractivity contribution in [1.29, 1.82) is 0 Å². The van der Waals surface area contributed by atoms with E-state index in [1.54, 1.807) is 18.3 Å². The molecule has 0 radical (unpaired) electrons. The molecule has 0 bridgehead atoms. The smallest absolute Gasteiger partial charge is 0.254 e. The van der Waals surface area contributed by atoms with E-state index >= 15 is 0 Å². The van der Waals surface area contributed by atoms with Crippen molar-refractivity contribution in [3.8, 4) is 5.69 Å². The van der Waals surface area contributed by atoms with Crippen LogP contribution in [0.4, 0.5) is 4.39 Å². The number of ether oxygens (including phenoxy) is 1. The van der Waals surface area contributed by atoms with Gasteiger partial charge >= 0.3 is 0 Å². The fraction of sp³-hybridized carbons (Fsp3) is 0.375. The van der Waals surface area contributed by atoms with Crippen LogP contribution in [0.25, 0.3) is 5.69 Å². The molecule has 2 aromatic rings. The Hall–Kier alpha value is -2.21. The lowest BCUT2D eigenvalue weighted by molar-refractivity contribution is 0.0757. The molecule has 2 rings (SSSR count). The standard InChI is InChI=1S/C16H20FN3O2/c1-12(2)22-9-3-8-18-16(21)13-10-19-20(11-13)15-6-4-14(17)5-7-15/h4-7,10-12H,3,8-9H2,1-2H3,(H,18,21). The van der Waals surface area contributed by atoms with Gasteiger partial charge in [0, 0.05) is 19.3 Å². The van der Waals surface area contributed by atoms with Crippen molar-refractivity contribution in [2.75, 3.05) is 13.2 Å². The van der Waals surface area contributed by atoms with Gasteiger partial charge in [0.1, 0.15) is 5.82 Å². The minimum absolute atomic E-state index is 0.182. The first-order valence-electron chi connectivity index (χ1n) is 7.26. The average Bonchev–Trinajstić information content (AvgIpc) is 2.97. The first kappa shape index (κ1) is 16.2. The number of nitrogens with zero attached hydrogens (tertiary/aromatic N) is 2. The van der Waals surface area contributed by atoms with Gasteiger partial charge in [0.2, 0.25) is 0 Å². The maximum Gasteiger partial charge on any atom is 0.254 e. The largest absolute Gasteiger partial charge is 0.379 e. The normalized spacial score (nSPS) is 10.9. The lowest BCUT2D eigenvalue weighted by Gasteiger charge is -2.07. The minimum atomic E-state index is -0.308. The van der Waals surface area contributed by atoms with Gasteiger partial charge in [0.15, 0.2) is 0 Å². The maximum absolute atomic E-state index is 12.9. The zero-order valence-electron chi connectivity index (χ0n) is 12.8. The third-order valence-corrected chi connectivity index (χ3v) is 2.99. The Kier molecular flexibility index (Phi) is 5.66. The zero-order chi connectivity index (χ0) is 15.9. The molecule has 0 aliphatic rings. The number of nitrogens with one attached hydrogen (secondary N) is 1. The van der Waals surface area contributed by atoms with E-state index in [4.69, 9.17) is 4.74 Å². The van der Waals surface area contributed by atoms with Crippen molar-refractivity contribution in [2.24, 2.45) is 0 Å². The number of carbonyl (C=O) groups is 1. The Labute approximate surface area is 129 Å². The molecule has 0 saturated heterocycles. The predicted octanol–water partition coefficient (Wildman–Crippen LogP) is 2.56. The molecule has 0 unspecified atom stereocenters. The van der Waals surface area contributed by atoms with E-state index in [1.807, 2.05) is 13.8 Å². The summed E-state index contributed by atoms with van der Waals surface area (Å²) in [6.45, 7) is 5.12. The lowest BCUT2D eigenvalue weighted by Crippen LogP contribution is -2.25. The molecule has 5 nitrogen and oxygen atoms in total. The van der Waals surface area contributed by atoms with E-state index in [-0.39, 0.29) is 17.8 Å². The zero-order valence-corrected chi connectivity index (χ0v) is 12.8. The Balaban J connectivity index is 1.85. The molecule has 118 valence electrons. The molecule has 0 fully saturated rings. The Morgan fingerprint density at radius 1 is 1.36 bits per heavy atom. The van der Waals surface area contributed by atoms with Gasteiger partial charge in [-0.2, -0.15) is 5.10 Å². The van der Waals surface area contributed by atoms with Gasteiger partial charge in [0.25, 0.3) is 5.91 Å². The van der Waals surface area contributed by atoms with Crippen LogP contribution in [0.15, 0.2) is 36.7 Å². The number of amides is 1. The van der Waals surface area contributed by atoms with Crippen molar-refractivity contribution in [3.63, 3.8) is 0 Å². The highest BCUT2D eigenvalue weighted by molar-refractivity contribution is 5.93. The summed E-state index contributed by atoms with van der Waals surface area (Å²) in [5.41, 5.74) is 1.17. The fourth-order valence-corrected chi connectivity index (χ4v) is 1.87. The third kappa shape index (κ3) is 4.66. The van der Waals surface area contributed by atoms with Crippen LogP contribution in [0.1, 0.15) is 30.6 Å². The van der Waals surface area contributed by atoms with Crippen molar-refractivity contribution < 1.29 is 13.9 Å². The molecular formula is C16H20FN3O2. The second-order valence-electron chi connectivity index (χ2n) is 5.18. The summed E-state index contributed by atoms with van der Waals surface area (Å²) in [6, 6.07) is 5.91. The molecule has 1 N–H and O–H groups in total. The molecule has 0 saturated carbocycles. The van der Waals surface area contributed by atoms with Crippen LogP contribution in [0.3, 0.4) is 0 Å². The molecule has 0 aliphatic heterocycles. The van der Waals surface area contributed by atoms with Crippen LogP contribution in [0.5, 0.6) is 0 Å². The number of hydrogen-bond acceptors (Lipinski definition) is 3. The molecule has 1 aromatic heterocycles. The van der Waals surface area contributed by atoms with Gasteiger partial charge in [-0.15, -0.1) is 0 Å². The van der Waals surface area contributed by atoms with Gasteiger partial charge in [-0.25, -0.2) is 9.07 Å². The van der Waals surface area contributed by atoms with E-state index in [9.17, 15) is 9.18 Å². The molecular weight excluding hydrogens is 285 g/mol. The first-order chi connectivity index (χ1) is 10.6. The summed E-state index contributed by atoms with van der Waals surface area (Å²) in [7, 11) is 0. The fourth-order valence-electron chi connectivity index (χ4n) is 1.87.